The van der Waals surface area contributed by atoms with E-state index in [1.807, 2.05) is 0 Å². The maximum Gasteiger partial charge on any atom is 0.229 e. The van der Waals surface area contributed by atoms with E-state index in [-0.39, 0.29) is 29.1 Å². The topological polar surface area (TPSA) is 85.1 Å². The first-order valence-corrected chi connectivity index (χ1v) is 10.2. The number of amides is 1. The molecule has 2 saturated carbocycles. The average Bonchev–Trinajstić information content (AvgIpc) is 2.88. The van der Waals surface area contributed by atoms with Gasteiger partial charge in [-0.3, -0.25) is 9.59 Å². The maximum atomic E-state index is 12.8. The number of carbonyl (C=O) groups excluding carboxylic acids is 2. The van der Waals surface area contributed by atoms with E-state index in [1.165, 1.54) is 17.8 Å². The molecule has 0 saturated heterocycles. The number of nitrogens with one attached hydrogen (secondary N) is 1. The third-order valence-corrected chi connectivity index (χ3v) is 7.30. The molecule has 0 aliphatic heterocycles. The van der Waals surface area contributed by atoms with Gasteiger partial charge in [0.1, 0.15) is 0 Å². The molecule has 5 nitrogen and oxygen atoms in total. The van der Waals surface area contributed by atoms with Crippen molar-refractivity contribution in [3.8, 4) is 0 Å². The van der Waals surface area contributed by atoms with E-state index in [2.05, 4.69) is 24.1 Å². The first kappa shape index (κ1) is 17.2. The van der Waals surface area contributed by atoms with E-state index in [4.69, 9.17) is 5.73 Å². The van der Waals surface area contributed by atoms with Gasteiger partial charge in [-0.15, -0.1) is 0 Å². The molecule has 0 radical (unpaired) electrons. The first-order valence-electron chi connectivity index (χ1n) is 9.42. The highest BCUT2D eigenvalue weighted by Crippen LogP contribution is 2.43. The van der Waals surface area contributed by atoms with Crippen LogP contribution >= 0.6 is 11.3 Å². The lowest BCUT2D eigenvalue weighted by Gasteiger charge is -2.43. The van der Waals surface area contributed by atoms with Crippen LogP contribution in [0.3, 0.4) is 0 Å². The average molecular weight is 362 g/mol. The van der Waals surface area contributed by atoms with E-state index in [9.17, 15) is 9.59 Å². The standard InChI is InChI=1S/C19H27N3O2S/c1-19(2)8-13-16(14(23)9-19)25-18(21-13)22-17(24)12-6-10-4-3-5-11(7-12)15(10)20/h10-12,15H,3-9,20H2,1-2H3,(H,21,22,24). The summed E-state index contributed by atoms with van der Waals surface area (Å²) in [6.45, 7) is 4.19. The Morgan fingerprint density at radius 3 is 2.60 bits per heavy atom. The molecule has 2 bridgehead atoms. The van der Waals surface area contributed by atoms with Crippen LogP contribution in [-0.2, 0) is 11.2 Å². The number of anilines is 1. The van der Waals surface area contributed by atoms with E-state index in [0.29, 0.717) is 23.4 Å². The fraction of sp³-hybridized carbons (Fsp3) is 0.737. The van der Waals surface area contributed by atoms with Crippen LogP contribution in [0.15, 0.2) is 0 Å². The number of nitrogens with zero attached hydrogens (tertiary/aromatic N) is 1. The van der Waals surface area contributed by atoms with Gasteiger partial charge in [0.15, 0.2) is 10.9 Å². The molecule has 25 heavy (non-hydrogen) atoms. The summed E-state index contributed by atoms with van der Waals surface area (Å²) in [5.74, 6) is 1.21. The summed E-state index contributed by atoms with van der Waals surface area (Å²) in [6.07, 6.45) is 6.67. The molecule has 1 amide bonds. The molecule has 3 aliphatic rings. The summed E-state index contributed by atoms with van der Waals surface area (Å²) in [6, 6.07) is 0.268. The van der Waals surface area contributed by atoms with E-state index < -0.39 is 0 Å². The predicted molar refractivity (Wildman–Crippen MR) is 98.7 cm³/mol. The van der Waals surface area contributed by atoms with Crippen molar-refractivity contribution < 1.29 is 9.59 Å². The number of thiazole rings is 1. The molecule has 1 aromatic rings. The molecule has 1 heterocycles. The van der Waals surface area contributed by atoms with Crippen molar-refractivity contribution in [3.63, 3.8) is 0 Å². The number of fused-ring (bicyclic) bond motifs is 3. The largest absolute Gasteiger partial charge is 0.327 e. The Morgan fingerprint density at radius 1 is 1.24 bits per heavy atom. The van der Waals surface area contributed by atoms with Crippen molar-refractivity contribution in [1.82, 2.24) is 4.98 Å². The number of carbonyl (C=O) groups is 2. The maximum absolute atomic E-state index is 12.8. The van der Waals surface area contributed by atoms with Crippen LogP contribution in [0.2, 0.25) is 0 Å². The van der Waals surface area contributed by atoms with E-state index in [1.54, 1.807) is 0 Å². The minimum atomic E-state index is -0.0452. The Hall–Kier alpha value is -1.27. The number of rotatable bonds is 2. The van der Waals surface area contributed by atoms with Crippen LogP contribution in [0.25, 0.3) is 0 Å². The van der Waals surface area contributed by atoms with Gasteiger partial charge in [0.2, 0.25) is 5.91 Å². The van der Waals surface area contributed by atoms with E-state index in [0.717, 1.165) is 42.7 Å². The number of aromatic nitrogens is 1. The van der Waals surface area contributed by atoms with Crippen molar-refractivity contribution >= 4 is 28.2 Å². The summed E-state index contributed by atoms with van der Waals surface area (Å²) in [5, 5.41) is 3.58. The fourth-order valence-electron chi connectivity index (χ4n) is 4.98. The molecule has 3 N–H and O–H groups in total. The monoisotopic (exact) mass is 361 g/mol. The van der Waals surface area contributed by atoms with Crippen molar-refractivity contribution in [2.75, 3.05) is 5.32 Å². The second-order valence-electron chi connectivity index (χ2n) is 8.92. The lowest BCUT2D eigenvalue weighted by atomic mass is 9.65. The highest BCUT2D eigenvalue weighted by atomic mass is 32.1. The van der Waals surface area contributed by atoms with Crippen molar-refractivity contribution in [1.29, 1.82) is 0 Å². The highest BCUT2D eigenvalue weighted by molar-refractivity contribution is 7.17. The third-order valence-electron chi connectivity index (χ3n) is 6.25. The second kappa shape index (κ2) is 6.16. The van der Waals surface area contributed by atoms with Gasteiger partial charge in [-0.25, -0.2) is 4.98 Å². The Balaban J connectivity index is 1.46. The number of Topliss-reactive ketones (excluding diaryl/α,β-unsaturated/α-hetero) is 1. The van der Waals surface area contributed by atoms with Crippen LogP contribution < -0.4 is 11.1 Å². The Morgan fingerprint density at radius 2 is 1.92 bits per heavy atom. The van der Waals surface area contributed by atoms with Crippen LogP contribution in [0.5, 0.6) is 0 Å². The van der Waals surface area contributed by atoms with Gasteiger partial charge < -0.3 is 11.1 Å². The molecule has 0 spiro atoms. The van der Waals surface area contributed by atoms with Gasteiger partial charge in [-0.05, 0) is 49.4 Å². The van der Waals surface area contributed by atoms with Crippen LogP contribution in [0.1, 0.15) is 67.7 Å². The smallest absolute Gasteiger partial charge is 0.229 e. The van der Waals surface area contributed by atoms with Gasteiger partial charge in [-0.2, -0.15) is 0 Å². The molecule has 4 rings (SSSR count). The highest BCUT2D eigenvalue weighted by Gasteiger charge is 2.41. The van der Waals surface area contributed by atoms with Gasteiger partial charge in [-0.1, -0.05) is 31.6 Å². The molecule has 2 fully saturated rings. The molecule has 2 unspecified atom stereocenters. The number of hydrogen-bond acceptors (Lipinski definition) is 5. The van der Waals surface area contributed by atoms with Gasteiger partial charge in [0, 0.05) is 18.4 Å². The molecular formula is C19H27N3O2S. The molecule has 1 aromatic heterocycles. The third kappa shape index (κ3) is 3.26. The van der Waals surface area contributed by atoms with E-state index >= 15 is 0 Å². The van der Waals surface area contributed by atoms with Gasteiger partial charge in [0.25, 0.3) is 0 Å². The predicted octanol–water partition coefficient (Wildman–Crippen LogP) is 3.39. The Bertz CT molecular complexity index is 698. The lowest BCUT2D eigenvalue weighted by Crippen LogP contribution is -2.48. The number of hydrogen-bond donors (Lipinski definition) is 2. The zero-order chi connectivity index (χ0) is 17.8. The number of ketones is 1. The molecule has 2 atom stereocenters. The second-order valence-corrected chi connectivity index (χ2v) is 9.92. The molecular weight excluding hydrogens is 334 g/mol. The molecule has 3 aliphatic carbocycles. The quantitative estimate of drug-likeness (QED) is 0.845. The van der Waals surface area contributed by atoms with Gasteiger partial charge in [0.05, 0.1) is 10.6 Å². The first-order chi connectivity index (χ1) is 11.8. The summed E-state index contributed by atoms with van der Waals surface area (Å²) in [5.41, 5.74) is 7.13. The fourth-order valence-corrected chi connectivity index (χ4v) is 5.91. The summed E-state index contributed by atoms with van der Waals surface area (Å²) >= 11 is 1.34. The van der Waals surface area contributed by atoms with Crippen molar-refractivity contribution in [2.24, 2.45) is 28.9 Å². The normalized spacial score (nSPS) is 33.6. The molecule has 0 aromatic carbocycles. The molecule has 136 valence electrons. The SMILES string of the molecule is CC1(C)CC(=O)c2sc(NC(=O)C3CC4CCCC(C3)C4N)nc2C1. The van der Waals surface area contributed by atoms with Crippen LogP contribution in [0, 0.1) is 23.2 Å². The number of nitrogens with two attached hydrogens (primary N) is 1. The van der Waals surface area contributed by atoms with Crippen LogP contribution in [-0.4, -0.2) is 22.7 Å². The van der Waals surface area contributed by atoms with Crippen LogP contribution in [0.4, 0.5) is 5.13 Å². The zero-order valence-electron chi connectivity index (χ0n) is 15.0. The summed E-state index contributed by atoms with van der Waals surface area (Å²) < 4.78 is 0. The summed E-state index contributed by atoms with van der Waals surface area (Å²) in [4.78, 5) is 30.4. The van der Waals surface area contributed by atoms with Crippen molar-refractivity contribution in [2.45, 2.75) is 64.8 Å². The lowest BCUT2D eigenvalue weighted by molar-refractivity contribution is -0.122. The minimum absolute atomic E-state index is 0.0307. The molecule has 6 heteroatoms. The Kier molecular flexibility index (Phi) is 4.23. The minimum Gasteiger partial charge on any atom is -0.327 e. The van der Waals surface area contributed by atoms with Crippen molar-refractivity contribution in [3.05, 3.63) is 10.6 Å². The zero-order valence-corrected chi connectivity index (χ0v) is 15.8. The Labute approximate surface area is 152 Å². The van der Waals surface area contributed by atoms with Gasteiger partial charge >= 0.3 is 0 Å². The summed E-state index contributed by atoms with van der Waals surface area (Å²) in [7, 11) is 0.